The molecule has 1 atom stereocenters. The summed E-state index contributed by atoms with van der Waals surface area (Å²) < 4.78 is 11.3. The van der Waals surface area contributed by atoms with Crippen molar-refractivity contribution in [3.8, 4) is 17.6 Å². The van der Waals surface area contributed by atoms with E-state index < -0.39 is 5.54 Å². The van der Waals surface area contributed by atoms with E-state index in [1.807, 2.05) is 38.1 Å². The maximum atomic E-state index is 9.29. The van der Waals surface area contributed by atoms with Crippen molar-refractivity contribution in [1.29, 1.82) is 5.26 Å². The summed E-state index contributed by atoms with van der Waals surface area (Å²) in [6, 6.07) is 10.3. The summed E-state index contributed by atoms with van der Waals surface area (Å²) in [6.45, 7) is 4.71. The third kappa shape index (κ3) is 3.87. The molecule has 1 aliphatic carbocycles. The number of hydrogen-bond donors (Lipinski definition) is 1. The third-order valence-electron chi connectivity index (χ3n) is 3.01. The first kappa shape index (κ1) is 13.7. The SMILES string of the molecule is CCOc1ccccc1OCC(C)(C#N)NC1CC1. The third-order valence-corrected chi connectivity index (χ3v) is 3.01. The summed E-state index contributed by atoms with van der Waals surface area (Å²) in [6.07, 6.45) is 2.29. The molecule has 0 spiro atoms. The van der Waals surface area contributed by atoms with E-state index in [0.29, 0.717) is 25.0 Å². The van der Waals surface area contributed by atoms with Crippen molar-refractivity contribution >= 4 is 0 Å². The Morgan fingerprint density at radius 3 is 2.47 bits per heavy atom. The van der Waals surface area contributed by atoms with Crippen LogP contribution in [0.2, 0.25) is 0 Å². The van der Waals surface area contributed by atoms with E-state index in [1.54, 1.807) is 0 Å². The number of hydrogen-bond acceptors (Lipinski definition) is 4. The van der Waals surface area contributed by atoms with Gasteiger partial charge in [-0.05, 0) is 38.8 Å². The van der Waals surface area contributed by atoms with Crippen LogP contribution in [0.4, 0.5) is 0 Å². The minimum Gasteiger partial charge on any atom is -0.490 e. The maximum Gasteiger partial charge on any atom is 0.161 e. The van der Waals surface area contributed by atoms with E-state index >= 15 is 0 Å². The quantitative estimate of drug-likeness (QED) is 0.818. The molecular weight excluding hydrogens is 240 g/mol. The van der Waals surface area contributed by atoms with Crippen LogP contribution in [0.5, 0.6) is 11.5 Å². The predicted molar refractivity (Wildman–Crippen MR) is 73.3 cm³/mol. The average molecular weight is 260 g/mol. The molecule has 0 aromatic heterocycles. The van der Waals surface area contributed by atoms with Crippen molar-refractivity contribution in [2.45, 2.75) is 38.3 Å². The van der Waals surface area contributed by atoms with Gasteiger partial charge in [0.2, 0.25) is 0 Å². The van der Waals surface area contributed by atoms with Crippen molar-refractivity contribution in [3.63, 3.8) is 0 Å². The number of benzene rings is 1. The highest BCUT2D eigenvalue weighted by molar-refractivity contribution is 5.39. The number of rotatable bonds is 7. The molecule has 0 radical (unpaired) electrons. The molecule has 2 rings (SSSR count). The summed E-state index contributed by atoms with van der Waals surface area (Å²) in [5.41, 5.74) is -0.652. The molecule has 1 aromatic carbocycles. The van der Waals surface area contributed by atoms with Crippen molar-refractivity contribution in [3.05, 3.63) is 24.3 Å². The Balaban J connectivity index is 1.98. The van der Waals surface area contributed by atoms with E-state index in [9.17, 15) is 5.26 Å². The molecule has 1 aliphatic rings. The van der Waals surface area contributed by atoms with Gasteiger partial charge in [-0.25, -0.2) is 0 Å². The zero-order valence-corrected chi connectivity index (χ0v) is 11.5. The van der Waals surface area contributed by atoms with Gasteiger partial charge >= 0.3 is 0 Å². The summed E-state index contributed by atoms with van der Waals surface area (Å²) >= 11 is 0. The van der Waals surface area contributed by atoms with E-state index in [0.717, 1.165) is 18.6 Å². The van der Waals surface area contributed by atoms with Crippen molar-refractivity contribution in [2.24, 2.45) is 0 Å². The second-order valence-corrected chi connectivity index (χ2v) is 5.03. The normalized spacial score (nSPS) is 17.3. The molecule has 0 saturated heterocycles. The molecule has 1 saturated carbocycles. The Morgan fingerprint density at radius 2 is 1.95 bits per heavy atom. The molecule has 19 heavy (non-hydrogen) atoms. The molecule has 1 unspecified atom stereocenters. The zero-order chi connectivity index (χ0) is 13.7. The van der Waals surface area contributed by atoms with Gasteiger partial charge in [0.1, 0.15) is 12.1 Å². The molecule has 4 heteroatoms. The van der Waals surface area contributed by atoms with Crippen LogP contribution in [0.15, 0.2) is 24.3 Å². The largest absolute Gasteiger partial charge is 0.490 e. The smallest absolute Gasteiger partial charge is 0.161 e. The molecule has 1 fully saturated rings. The van der Waals surface area contributed by atoms with Crippen LogP contribution in [0.25, 0.3) is 0 Å². The monoisotopic (exact) mass is 260 g/mol. The van der Waals surface area contributed by atoms with E-state index in [1.165, 1.54) is 0 Å². The van der Waals surface area contributed by atoms with Crippen LogP contribution in [-0.4, -0.2) is 24.8 Å². The number of nitriles is 1. The lowest BCUT2D eigenvalue weighted by Crippen LogP contribution is -2.47. The van der Waals surface area contributed by atoms with Gasteiger partial charge < -0.3 is 9.47 Å². The topological polar surface area (TPSA) is 54.3 Å². The van der Waals surface area contributed by atoms with Crippen LogP contribution in [0.1, 0.15) is 26.7 Å². The van der Waals surface area contributed by atoms with Gasteiger partial charge in [0.25, 0.3) is 0 Å². The fourth-order valence-electron chi connectivity index (χ4n) is 1.85. The molecule has 0 aliphatic heterocycles. The van der Waals surface area contributed by atoms with Crippen molar-refractivity contribution in [2.75, 3.05) is 13.2 Å². The van der Waals surface area contributed by atoms with Crippen LogP contribution in [0.3, 0.4) is 0 Å². The Morgan fingerprint density at radius 1 is 1.32 bits per heavy atom. The Labute approximate surface area is 114 Å². The Kier molecular flexibility index (Phi) is 4.28. The Bertz CT molecular complexity index is 465. The van der Waals surface area contributed by atoms with Gasteiger partial charge in [0.15, 0.2) is 11.5 Å². The molecule has 0 amide bonds. The fraction of sp³-hybridized carbons (Fsp3) is 0.533. The molecule has 1 N–H and O–H groups in total. The second-order valence-electron chi connectivity index (χ2n) is 5.03. The van der Waals surface area contributed by atoms with Gasteiger partial charge in [-0.15, -0.1) is 0 Å². The molecule has 1 aromatic rings. The molecule has 0 heterocycles. The van der Waals surface area contributed by atoms with Gasteiger partial charge in [0.05, 0.1) is 12.7 Å². The first-order chi connectivity index (χ1) is 9.17. The number of para-hydroxylation sites is 2. The maximum absolute atomic E-state index is 9.29. The summed E-state index contributed by atoms with van der Waals surface area (Å²) in [5, 5.41) is 12.6. The lowest BCUT2D eigenvalue weighted by atomic mass is 10.1. The highest BCUT2D eigenvalue weighted by Gasteiger charge is 2.33. The van der Waals surface area contributed by atoms with Gasteiger partial charge in [-0.2, -0.15) is 5.26 Å². The first-order valence-corrected chi connectivity index (χ1v) is 6.70. The van der Waals surface area contributed by atoms with Crippen molar-refractivity contribution in [1.82, 2.24) is 5.32 Å². The van der Waals surface area contributed by atoms with Crippen molar-refractivity contribution < 1.29 is 9.47 Å². The van der Waals surface area contributed by atoms with Crippen LogP contribution < -0.4 is 14.8 Å². The molecule has 102 valence electrons. The first-order valence-electron chi connectivity index (χ1n) is 6.70. The highest BCUT2D eigenvalue weighted by Crippen LogP contribution is 2.28. The average Bonchev–Trinajstić information content (AvgIpc) is 3.22. The van der Waals surface area contributed by atoms with Crippen LogP contribution in [0, 0.1) is 11.3 Å². The molecule has 0 bridgehead atoms. The van der Waals surface area contributed by atoms with E-state index in [2.05, 4.69) is 11.4 Å². The van der Waals surface area contributed by atoms with Gasteiger partial charge in [-0.1, -0.05) is 12.1 Å². The highest BCUT2D eigenvalue weighted by atomic mass is 16.5. The van der Waals surface area contributed by atoms with Gasteiger partial charge in [-0.3, -0.25) is 5.32 Å². The standard InChI is InChI=1S/C15H20N2O2/c1-3-18-13-6-4-5-7-14(13)19-11-15(2,10-16)17-12-8-9-12/h4-7,12,17H,3,8-9,11H2,1-2H3. The van der Waals surface area contributed by atoms with Gasteiger partial charge in [0, 0.05) is 6.04 Å². The van der Waals surface area contributed by atoms with E-state index in [4.69, 9.17) is 9.47 Å². The van der Waals surface area contributed by atoms with Crippen LogP contribution in [-0.2, 0) is 0 Å². The number of nitrogens with zero attached hydrogens (tertiary/aromatic N) is 1. The minimum atomic E-state index is -0.652. The number of ether oxygens (including phenoxy) is 2. The van der Waals surface area contributed by atoms with E-state index in [-0.39, 0.29) is 0 Å². The predicted octanol–water partition coefficient (Wildman–Crippen LogP) is 2.50. The number of nitrogens with one attached hydrogen (secondary N) is 1. The molecular formula is C15H20N2O2. The molecule has 4 nitrogen and oxygen atoms in total. The lowest BCUT2D eigenvalue weighted by Gasteiger charge is -2.24. The summed E-state index contributed by atoms with van der Waals surface area (Å²) in [4.78, 5) is 0. The summed E-state index contributed by atoms with van der Waals surface area (Å²) in [5.74, 6) is 1.40. The fourth-order valence-corrected chi connectivity index (χ4v) is 1.85. The minimum absolute atomic E-state index is 0.310. The second kappa shape index (κ2) is 5.94. The Hall–Kier alpha value is -1.73. The summed E-state index contributed by atoms with van der Waals surface area (Å²) in [7, 11) is 0. The van der Waals surface area contributed by atoms with Crippen LogP contribution >= 0.6 is 0 Å². The zero-order valence-electron chi connectivity index (χ0n) is 11.5. The lowest BCUT2D eigenvalue weighted by molar-refractivity contribution is 0.219.